The maximum absolute atomic E-state index is 13.5. The number of nitrogens with zero attached hydrogens (tertiary/aromatic N) is 3. The summed E-state index contributed by atoms with van der Waals surface area (Å²) in [6, 6.07) is 6.75. The summed E-state index contributed by atoms with van der Waals surface area (Å²) in [5.74, 6) is -1.81. The molecule has 3 heterocycles. The molecule has 11 heteroatoms. The highest BCUT2D eigenvalue weighted by Crippen LogP contribution is 2.19. The van der Waals surface area contributed by atoms with Crippen molar-refractivity contribution in [2.45, 2.75) is 20.0 Å². The number of aromatic nitrogens is 3. The molecule has 170 valence electrons. The Hall–Kier alpha value is -3.86. The molecule has 0 fully saturated rings. The maximum atomic E-state index is 13.5. The van der Waals surface area contributed by atoms with E-state index in [1.807, 2.05) is 0 Å². The number of hydrogen-bond donors (Lipinski definition) is 2. The number of anilines is 1. The third kappa shape index (κ3) is 4.40. The highest BCUT2D eigenvalue weighted by molar-refractivity contribution is 7.19. The Morgan fingerprint density at radius 1 is 1.12 bits per heavy atom. The molecule has 0 saturated heterocycles. The van der Waals surface area contributed by atoms with Gasteiger partial charge in [-0.1, -0.05) is 6.07 Å². The minimum Gasteiger partial charge on any atom is -0.373 e. The van der Waals surface area contributed by atoms with Crippen molar-refractivity contribution in [1.82, 2.24) is 19.3 Å². The molecule has 33 heavy (non-hydrogen) atoms. The van der Waals surface area contributed by atoms with E-state index in [0.29, 0.717) is 10.6 Å². The molecule has 8 nitrogen and oxygen atoms in total. The number of carbonyl (C=O) groups is 1. The Labute approximate surface area is 190 Å². The molecule has 0 atom stereocenters. The van der Waals surface area contributed by atoms with Gasteiger partial charge in [0.15, 0.2) is 11.6 Å². The Morgan fingerprint density at radius 2 is 1.91 bits per heavy atom. The summed E-state index contributed by atoms with van der Waals surface area (Å²) in [5, 5.41) is 5.70. The maximum Gasteiger partial charge on any atom is 0.336 e. The Bertz CT molecular complexity index is 1490. The summed E-state index contributed by atoms with van der Waals surface area (Å²) < 4.78 is 28.9. The molecule has 0 radical (unpaired) electrons. The molecule has 1 amide bonds. The van der Waals surface area contributed by atoms with Crippen molar-refractivity contribution in [2.75, 3.05) is 12.4 Å². The quantitative estimate of drug-likeness (QED) is 0.451. The number of thiazole rings is 1. The van der Waals surface area contributed by atoms with Crippen LogP contribution in [0.1, 0.15) is 26.4 Å². The standard InChI is InChI=1S/C22H19F2N5O3S/c1-12-20(31)28(10-14-3-4-15(23)16(24)7-14)22(32)29-11-17(33-21(12)29)19(30)27-9-13-5-6-26-18(8-13)25-2/h3-8,11H,9-10H2,1-2H3,(H,25,26)(H,27,30). The first-order valence-electron chi connectivity index (χ1n) is 9.89. The molecule has 1 aromatic carbocycles. The van der Waals surface area contributed by atoms with Crippen molar-refractivity contribution in [1.29, 1.82) is 0 Å². The number of carbonyl (C=O) groups excluding carboxylic acids is 1. The third-order valence-electron chi connectivity index (χ3n) is 5.08. The summed E-state index contributed by atoms with van der Waals surface area (Å²) in [6.07, 6.45) is 2.99. The Kier molecular flexibility index (Phi) is 6.05. The lowest BCUT2D eigenvalue weighted by molar-refractivity contribution is 0.0954. The van der Waals surface area contributed by atoms with Crippen molar-refractivity contribution in [3.63, 3.8) is 0 Å². The van der Waals surface area contributed by atoms with Gasteiger partial charge in [-0.15, -0.1) is 11.3 Å². The van der Waals surface area contributed by atoms with E-state index in [2.05, 4.69) is 15.6 Å². The van der Waals surface area contributed by atoms with Gasteiger partial charge in [-0.3, -0.25) is 18.6 Å². The smallest absolute Gasteiger partial charge is 0.336 e. The molecule has 4 rings (SSSR count). The number of amides is 1. The van der Waals surface area contributed by atoms with Gasteiger partial charge in [0.05, 0.1) is 6.54 Å². The summed E-state index contributed by atoms with van der Waals surface area (Å²) in [4.78, 5) is 43.1. The van der Waals surface area contributed by atoms with Gasteiger partial charge in [0, 0.05) is 31.5 Å². The average Bonchev–Trinajstić information content (AvgIpc) is 3.27. The van der Waals surface area contributed by atoms with E-state index in [1.165, 1.54) is 16.7 Å². The summed E-state index contributed by atoms with van der Waals surface area (Å²) in [5.41, 5.74) is 0.139. The SMILES string of the molecule is CNc1cc(CNC(=O)c2cn3c(=O)n(Cc4ccc(F)c(F)c4)c(=O)c(C)c3s2)ccn1. The van der Waals surface area contributed by atoms with Crippen LogP contribution in [0.4, 0.5) is 14.6 Å². The molecule has 0 bridgehead atoms. The number of fused-ring (bicyclic) bond motifs is 1. The summed E-state index contributed by atoms with van der Waals surface area (Å²) in [6.45, 7) is 1.57. The van der Waals surface area contributed by atoms with Gasteiger partial charge in [0.25, 0.3) is 11.5 Å². The predicted molar refractivity (Wildman–Crippen MR) is 121 cm³/mol. The number of rotatable bonds is 6. The van der Waals surface area contributed by atoms with Crippen LogP contribution in [0.15, 0.2) is 52.3 Å². The first-order valence-corrected chi connectivity index (χ1v) is 10.7. The number of halogens is 2. The van der Waals surface area contributed by atoms with Crippen molar-refractivity contribution >= 4 is 27.9 Å². The second-order valence-corrected chi connectivity index (χ2v) is 8.33. The first kappa shape index (κ1) is 22.3. The van der Waals surface area contributed by atoms with E-state index in [0.717, 1.165) is 33.6 Å². The van der Waals surface area contributed by atoms with Crippen LogP contribution in [0.2, 0.25) is 0 Å². The molecule has 0 aliphatic heterocycles. The van der Waals surface area contributed by atoms with Crippen LogP contribution in [0, 0.1) is 18.6 Å². The molecule has 3 aromatic heterocycles. The minimum absolute atomic E-state index is 0.230. The molecular weight excluding hydrogens is 452 g/mol. The zero-order valence-corrected chi connectivity index (χ0v) is 18.5. The lowest BCUT2D eigenvalue weighted by atomic mass is 10.2. The summed E-state index contributed by atoms with van der Waals surface area (Å²) in [7, 11) is 1.74. The van der Waals surface area contributed by atoms with Crippen LogP contribution >= 0.6 is 11.3 Å². The lowest BCUT2D eigenvalue weighted by Crippen LogP contribution is -2.38. The fourth-order valence-electron chi connectivity index (χ4n) is 3.32. The van der Waals surface area contributed by atoms with Crippen LogP contribution in [0.5, 0.6) is 0 Å². The number of benzene rings is 1. The van der Waals surface area contributed by atoms with Crippen LogP contribution in [0.25, 0.3) is 4.83 Å². The van der Waals surface area contributed by atoms with E-state index in [1.54, 1.807) is 32.3 Å². The first-order chi connectivity index (χ1) is 15.8. The van der Waals surface area contributed by atoms with Gasteiger partial charge in [-0.2, -0.15) is 0 Å². The molecule has 0 spiro atoms. The monoisotopic (exact) mass is 471 g/mol. The number of aryl methyl sites for hydroxylation is 1. The minimum atomic E-state index is -1.07. The molecule has 0 aliphatic rings. The van der Waals surface area contributed by atoms with Crippen molar-refractivity contribution in [3.8, 4) is 0 Å². The molecule has 2 N–H and O–H groups in total. The van der Waals surface area contributed by atoms with Gasteiger partial charge < -0.3 is 10.6 Å². The summed E-state index contributed by atoms with van der Waals surface area (Å²) >= 11 is 1.03. The Balaban J connectivity index is 1.64. The number of hydrogen-bond acceptors (Lipinski definition) is 6. The van der Waals surface area contributed by atoms with Gasteiger partial charge >= 0.3 is 5.69 Å². The zero-order chi connectivity index (χ0) is 23.7. The molecule has 4 aromatic rings. The average molecular weight is 471 g/mol. The fraction of sp³-hybridized carbons (Fsp3) is 0.182. The van der Waals surface area contributed by atoms with Crippen molar-refractivity contribution < 1.29 is 13.6 Å². The number of nitrogens with one attached hydrogen (secondary N) is 2. The third-order valence-corrected chi connectivity index (χ3v) is 6.28. The molecule has 0 unspecified atom stereocenters. The van der Waals surface area contributed by atoms with Crippen LogP contribution < -0.4 is 21.9 Å². The molecule has 0 aliphatic carbocycles. The topological polar surface area (TPSA) is 97.5 Å². The van der Waals surface area contributed by atoms with E-state index >= 15 is 0 Å². The van der Waals surface area contributed by atoms with E-state index < -0.39 is 28.8 Å². The van der Waals surface area contributed by atoms with E-state index in [4.69, 9.17) is 0 Å². The fourth-order valence-corrected chi connectivity index (χ4v) is 4.32. The normalized spacial score (nSPS) is 11.0. The second-order valence-electron chi connectivity index (χ2n) is 7.30. The zero-order valence-electron chi connectivity index (χ0n) is 17.7. The molecular formula is C22H19F2N5O3S. The van der Waals surface area contributed by atoms with Gasteiger partial charge in [0.2, 0.25) is 0 Å². The van der Waals surface area contributed by atoms with Gasteiger partial charge in [0.1, 0.15) is 15.5 Å². The Morgan fingerprint density at radius 3 is 2.64 bits per heavy atom. The van der Waals surface area contributed by atoms with Crippen LogP contribution in [-0.2, 0) is 13.1 Å². The largest absolute Gasteiger partial charge is 0.373 e. The van der Waals surface area contributed by atoms with Crippen LogP contribution in [0.3, 0.4) is 0 Å². The van der Waals surface area contributed by atoms with E-state index in [9.17, 15) is 23.2 Å². The number of pyridine rings is 1. The van der Waals surface area contributed by atoms with Crippen molar-refractivity contribution in [3.05, 3.63) is 96.8 Å². The predicted octanol–water partition coefficient (Wildman–Crippen LogP) is 2.52. The second kappa shape index (κ2) is 8.94. The highest BCUT2D eigenvalue weighted by Gasteiger charge is 2.18. The highest BCUT2D eigenvalue weighted by atomic mass is 32.1. The lowest BCUT2D eigenvalue weighted by Gasteiger charge is -2.08. The van der Waals surface area contributed by atoms with Crippen molar-refractivity contribution in [2.24, 2.45) is 0 Å². The van der Waals surface area contributed by atoms with Gasteiger partial charge in [-0.25, -0.2) is 18.6 Å². The van der Waals surface area contributed by atoms with E-state index in [-0.39, 0.29) is 29.1 Å². The van der Waals surface area contributed by atoms with Crippen LogP contribution in [-0.4, -0.2) is 26.9 Å². The van der Waals surface area contributed by atoms with Gasteiger partial charge in [-0.05, 0) is 42.3 Å². The molecule has 0 saturated carbocycles.